The van der Waals surface area contributed by atoms with E-state index in [-0.39, 0.29) is 30.0 Å². The van der Waals surface area contributed by atoms with Crippen molar-refractivity contribution >= 4 is 16.7 Å². The maximum Gasteiger partial charge on any atom is 0.420 e. The van der Waals surface area contributed by atoms with E-state index >= 15 is 0 Å². The van der Waals surface area contributed by atoms with Crippen LogP contribution in [-0.2, 0) is 4.74 Å². The molecule has 3 aromatic rings. The Morgan fingerprint density at radius 1 is 1.11 bits per heavy atom. The molecule has 2 aliphatic rings. The van der Waals surface area contributed by atoms with Crippen LogP contribution in [0.3, 0.4) is 0 Å². The minimum absolute atomic E-state index is 0.0129. The number of alkyl halides is 3. The Kier molecular flexibility index (Phi) is 6.04. The second kappa shape index (κ2) is 8.94. The Morgan fingerprint density at radius 3 is 2.53 bits per heavy atom. The monoisotopic (exact) mass is 497 g/mol. The molecule has 0 bridgehead atoms. The summed E-state index contributed by atoms with van der Waals surface area (Å²) in [4.78, 5) is 30.7. The number of halogens is 3. The van der Waals surface area contributed by atoms with E-state index < -0.39 is 11.7 Å². The Morgan fingerprint density at radius 2 is 1.83 bits per heavy atom. The number of ether oxygens (including phenoxy) is 1. The van der Waals surface area contributed by atoms with Crippen LogP contribution < -0.4 is 5.56 Å². The minimum Gasteiger partial charge on any atom is -0.373 e. The van der Waals surface area contributed by atoms with Gasteiger partial charge in [0.25, 0.3) is 5.56 Å². The van der Waals surface area contributed by atoms with E-state index in [1.54, 1.807) is 23.6 Å². The molecule has 0 aromatic carbocycles. The number of allylic oxidation sites excluding steroid dienone is 1. The summed E-state index contributed by atoms with van der Waals surface area (Å²) in [5.41, 5.74) is 5.40. The highest BCUT2D eigenvalue weighted by Gasteiger charge is 2.39. The molecule has 10 heteroatoms. The molecule has 3 aromatic heterocycles. The molecule has 0 saturated carbocycles. The van der Waals surface area contributed by atoms with E-state index in [9.17, 15) is 18.0 Å². The van der Waals surface area contributed by atoms with Gasteiger partial charge >= 0.3 is 6.18 Å². The zero-order valence-corrected chi connectivity index (χ0v) is 20.5. The highest BCUT2D eigenvalue weighted by molar-refractivity contribution is 5.87. The largest absolute Gasteiger partial charge is 0.420 e. The third-order valence-electron chi connectivity index (χ3n) is 6.78. The fourth-order valence-electron chi connectivity index (χ4n) is 4.56. The predicted octanol–water partition coefficient (Wildman–Crippen LogP) is 5.29. The van der Waals surface area contributed by atoms with Crippen LogP contribution >= 0.6 is 0 Å². The normalized spacial score (nSPS) is 20.3. The van der Waals surface area contributed by atoms with Gasteiger partial charge in [0.1, 0.15) is 17.0 Å². The molecular weight excluding hydrogens is 471 g/mol. The molecule has 0 radical (unpaired) electrons. The molecule has 2 atom stereocenters. The van der Waals surface area contributed by atoms with E-state index in [0.717, 1.165) is 5.56 Å². The SMILES string of the molecule is Cc1nc2nc([C@H]3CCO[C@@H](c4ccc(=O)n(C(C)C)c4)C3)nc(C3=C=C(C(F)(F)F)C3)c2nc1C. The van der Waals surface area contributed by atoms with E-state index in [2.05, 4.69) is 15.7 Å². The van der Waals surface area contributed by atoms with Crippen LogP contribution in [-0.4, -0.2) is 37.3 Å². The molecule has 188 valence electrons. The smallest absolute Gasteiger partial charge is 0.373 e. The first-order chi connectivity index (χ1) is 17.0. The fourth-order valence-corrected chi connectivity index (χ4v) is 4.56. The molecule has 36 heavy (non-hydrogen) atoms. The minimum atomic E-state index is -4.41. The first kappa shape index (κ1) is 24.3. The van der Waals surface area contributed by atoms with Crippen molar-refractivity contribution in [2.75, 3.05) is 6.61 Å². The second-order valence-corrected chi connectivity index (χ2v) is 9.64. The van der Waals surface area contributed by atoms with E-state index in [0.29, 0.717) is 59.1 Å². The van der Waals surface area contributed by atoms with Gasteiger partial charge in [0.15, 0.2) is 5.65 Å². The molecule has 1 saturated heterocycles. The lowest BCUT2D eigenvalue weighted by atomic mass is 9.90. The van der Waals surface area contributed by atoms with Gasteiger partial charge in [-0.1, -0.05) is 0 Å². The number of pyridine rings is 1. The summed E-state index contributed by atoms with van der Waals surface area (Å²) in [6, 6.07) is 3.33. The second-order valence-electron chi connectivity index (χ2n) is 9.64. The van der Waals surface area contributed by atoms with Crippen molar-refractivity contribution in [3.63, 3.8) is 0 Å². The lowest BCUT2D eigenvalue weighted by molar-refractivity contribution is -0.0934. The molecular formula is C26H26F3N5O2. The summed E-state index contributed by atoms with van der Waals surface area (Å²) in [7, 11) is 0. The number of rotatable bonds is 4. The Hall–Kier alpha value is -3.36. The van der Waals surface area contributed by atoms with Gasteiger partial charge in [-0.3, -0.25) is 4.79 Å². The summed E-state index contributed by atoms with van der Waals surface area (Å²) >= 11 is 0. The molecule has 0 spiro atoms. The lowest BCUT2D eigenvalue weighted by Gasteiger charge is -2.30. The molecule has 5 rings (SSSR count). The van der Waals surface area contributed by atoms with Gasteiger partial charge in [0.05, 0.1) is 23.1 Å². The van der Waals surface area contributed by atoms with Crippen LogP contribution in [0.5, 0.6) is 0 Å². The molecule has 0 unspecified atom stereocenters. The third kappa shape index (κ3) is 4.47. The van der Waals surface area contributed by atoms with Gasteiger partial charge < -0.3 is 9.30 Å². The number of hydrogen-bond donors (Lipinski definition) is 0. The standard InChI is InChI=1S/C26H26F3N5O2/c1-13(2)34-12-17(5-6-21(34)35)20-11-16(7-8-36-20)24-32-22(18-9-19(10-18)26(27,28)29)23-25(33-24)31-15(4)14(3)30-23/h5-6,12-13,16,20H,7-9,11H2,1-4H3/t16-,20+/m0/s1. The summed E-state index contributed by atoms with van der Waals surface area (Å²) in [6.45, 7) is 7.97. The summed E-state index contributed by atoms with van der Waals surface area (Å²) in [6.07, 6.45) is -1.88. The predicted molar refractivity (Wildman–Crippen MR) is 127 cm³/mol. The van der Waals surface area contributed by atoms with Gasteiger partial charge in [-0.15, -0.1) is 5.73 Å². The molecule has 1 aliphatic carbocycles. The summed E-state index contributed by atoms with van der Waals surface area (Å²) in [5.74, 6) is 0.414. The van der Waals surface area contributed by atoms with Gasteiger partial charge in [0, 0.05) is 42.8 Å². The molecule has 1 fully saturated rings. The van der Waals surface area contributed by atoms with Gasteiger partial charge in [-0.2, -0.15) is 13.2 Å². The van der Waals surface area contributed by atoms with Crippen LogP contribution in [0.4, 0.5) is 13.2 Å². The third-order valence-corrected chi connectivity index (χ3v) is 6.78. The van der Waals surface area contributed by atoms with Gasteiger partial charge in [-0.25, -0.2) is 19.9 Å². The van der Waals surface area contributed by atoms with Crippen molar-refractivity contribution in [3.8, 4) is 0 Å². The van der Waals surface area contributed by atoms with E-state index in [1.807, 2.05) is 27.0 Å². The molecule has 4 heterocycles. The van der Waals surface area contributed by atoms with Gasteiger partial charge in [-0.05, 0) is 52.2 Å². The zero-order valence-electron chi connectivity index (χ0n) is 20.5. The quantitative estimate of drug-likeness (QED) is 0.456. The Bertz CT molecular complexity index is 1490. The number of aryl methyl sites for hydroxylation is 2. The number of nitrogens with zero attached hydrogens (tertiary/aromatic N) is 5. The average Bonchev–Trinajstić information content (AvgIpc) is 2.78. The van der Waals surface area contributed by atoms with Gasteiger partial charge in [0.2, 0.25) is 0 Å². The summed E-state index contributed by atoms with van der Waals surface area (Å²) < 4.78 is 47.0. The Balaban J connectivity index is 1.55. The first-order valence-electron chi connectivity index (χ1n) is 11.9. The molecule has 0 amide bonds. The van der Waals surface area contributed by atoms with Crippen molar-refractivity contribution in [1.82, 2.24) is 24.5 Å². The highest BCUT2D eigenvalue weighted by atomic mass is 19.4. The molecule has 1 aliphatic heterocycles. The van der Waals surface area contributed by atoms with Crippen molar-refractivity contribution in [2.24, 2.45) is 0 Å². The lowest BCUT2D eigenvalue weighted by Crippen LogP contribution is -2.25. The highest BCUT2D eigenvalue weighted by Crippen LogP contribution is 2.41. The van der Waals surface area contributed by atoms with Crippen molar-refractivity contribution < 1.29 is 17.9 Å². The zero-order chi connectivity index (χ0) is 25.8. The van der Waals surface area contributed by atoms with Crippen LogP contribution in [0.15, 0.2) is 34.4 Å². The number of fused-ring (bicyclic) bond motifs is 1. The number of aromatic nitrogens is 5. The van der Waals surface area contributed by atoms with Crippen LogP contribution in [0.25, 0.3) is 16.7 Å². The van der Waals surface area contributed by atoms with Crippen molar-refractivity contribution in [1.29, 1.82) is 0 Å². The molecule has 0 N–H and O–H groups in total. The molecule has 7 nitrogen and oxygen atoms in total. The topological polar surface area (TPSA) is 82.8 Å². The Labute approximate surface area is 205 Å². The fraction of sp³-hybridized carbons (Fsp3) is 0.462. The van der Waals surface area contributed by atoms with Crippen molar-refractivity contribution in [3.05, 3.63) is 68.5 Å². The van der Waals surface area contributed by atoms with E-state index in [4.69, 9.17) is 14.7 Å². The maximum absolute atomic E-state index is 13.1. The van der Waals surface area contributed by atoms with Crippen LogP contribution in [0, 0.1) is 13.8 Å². The number of hydrogen-bond acceptors (Lipinski definition) is 6. The maximum atomic E-state index is 13.1. The van der Waals surface area contributed by atoms with Crippen molar-refractivity contribution in [2.45, 2.75) is 71.2 Å². The average molecular weight is 498 g/mol. The van der Waals surface area contributed by atoms with Crippen LogP contribution in [0.1, 0.15) is 79.6 Å². The van der Waals surface area contributed by atoms with E-state index in [1.165, 1.54) is 0 Å². The first-order valence-corrected chi connectivity index (χ1v) is 11.9. The summed E-state index contributed by atoms with van der Waals surface area (Å²) in [5, 5.41) is 0. The van der Waals surface area contributed by atoms with Crippen LogP contribution in [0.2, 0.25) is 0 Å².